The average Bonchev–Trinajstić information content (AvgIpc) is 2.58. The van der Waals surface area contributed by atoms with E-state index in [0.29, 0.717) is 0 Å². The second-order valence-electron chi connectivity index (χ2n) is 6.06. The van der Waals surface area contributed by atoms with Crippen LogP contribution in [0.5, 0.6) is 11.5 Å². The number of nitrogens with zero attached hydrogens (tertiary/aromatic N) is 1. The predicted octanol–water partition coefficient (Wildman–Crippen LogP) is 3.82. The highest BCUT2D eigenvalue weighted by atomic mass is 32.2. The van der Waals surface area contributed by atoms with Gasteiger partial charge in [0.05, 0.1) is 22.7 Å². The molecular weight excluding hydrogens is 308 g/mol. The fraction of sp³-hybridized carbons (Fsp3) is 0.333. The number of hydrogen-bond acceptors (Lipinski definition) is 5. The zero-order valence-electron chi connectivity index (χ0n) is 12.8. The molecular formula is C18H20N2O2S. The Balaban J connectivity index is 1.70. The van der Waals surface area contributed by atoms with E-state index < -0.39 is 6.10 Å². The van der Waals surface area contributed by atoms with E-state index in [1.54, 1.807) is 11.9 Å². The van der Waals surface area contributed by atoms with Gasteiger partial charge in [-0.3, -0.25) is 4.31 Å². The first-order valence-corrected chi connectivity index (χ1v) is 8.84. The Hall–Kier alpha value is -1.69. The van der Waals surface area contributed by atoms with Crippen LogP contribution in [-0.4, -0.2) is 22.5 Å². The molecule has 2 aromatic carbocycles. The first kappa shape index (κ1) is 14.9. The number of fused-ring (bicyclic) bond motifs is 2. The second kappa shape index (κ2) is 6.07. The van der Waals surface area contributed by atoms with Gasteiger partial charge in [-0.2, -0.15) is 0 Å². The predicted molar refractivity (Wildman–Crippen MR) is 94.3 cm³/mol. The molecule has 0 aromatic heterocycles. The summed E-state index contributed by atoms with van der Waals surface area (Å²) in [4.78, 5) is 0. The number of benzene rings is 2. The molecule has 0 saturated heterocycles. The third-order valence-corrected chi connectivity index (χ3v) is 5.86. The molecule has 3 N–H and O–H groups in total. The van der Waals surface area contributed by atoms with Gasteiger partial charge in [-0.25, -0.2) is 0 Å². The summed E-state index contributed by atoms with van der Waals surface area (Å²) in [5.41, 5.74) is 8.09. The number of ether oxygens (including phenoxy) is 1. The largest absolute Gasteiger partial charge is 0.453 e. The minimum Gasteiger partial charge on any atom is -0.453 e. The smallest absolute Gasteiger partial charge is 0.152 e. The Bertz CT molecular complexity index is 663. The zero-order chi connectivity index (χ0) is 15.8. The van der Waals surface area contributed by atoms with E-state index in [9.17, 15) is 5.11 Å². The van der Waals surface area contributed by atoms with Gasteiger partial charge < -0.3 is 15.6 Å². The van der Waals surface area contributed by atoms with E-state index in [4.69, 9.17) is 10.5 Å². The van der Waals surface area contributed by atoms with Crippen LogP contribution in [0.15, 0.2) is 48.5 Å². The SMILES string of the molecule is N[C@@H]1CCCC(SN2c3ccccc3Oc3ccccc32)[C@H]1O. The minimum atomic E-state index is -0.476. The number of anilines is 2. The van der Waals surface area contributed by atoms with Gasteiger partial charge in [0, 0.05) is 6.04 Å². The van der Waals surface area contributed by atoms with Crippen molar-refractivity contribution in [3.05, 3.63) is 48.5 Å². The third-order valence-electron chi connectivity index (χ3n) is 4.47. The standard InChI is InChI=1S/C18H20N2O2S/c19-12-6-5-11-17(18(12)21)23-20-13-7-1-3-9-15(13)22-16-10-4-2-8-14(16)20/h1-4,7-10,12,17-18,21H,5-6,11,19H2/t12-,17?,18+/m1/s1. The van der Waals surface area contributed by atoms with Crippen LogP contribution in [0.1, 0.15) is 19.3 Å². The highest BCUT2D eigenvalue weighted by Crippen LogP contribution is 2.51. The van der Waals surface area contributed by atoms with Gasteiger partial charge in [0.15, 0.2) is 11.5 Å². The normalized spacial score (nSPS) is 26.2. The van der Waals surface area contributed by atoms with Crippen molar-refractivity contribution in [2.24, 2.45) is 5.73 Å². The summed E-state index contributed by atoms with van der Waals surface area (Å²) in [6.45, 7) is 0. The van der Waals surface area contributed by atoms with Gasteiger partial charge in [0.25, 0.3) is 0 Å². The molecule has 0 amide bonds. The van der Waals surface area contributed by atoms with E-state index >= 15 is 0 Å². The summed E-state index contributed by atoms with van der Waals surface area (Å²) in [7, 11) is 0. The van der Waals surface area contributed by atoms with Crippen molar-refractivity contribution in [2.75, 3.05) is 4.31 Å². The first-order chi connectivity index (χ1) is 11.2. The molecule has 120 valence electrons. The number of rotatable bonds is 2. The molecule has 1 aliphatic heterocycles. The fourth-order valence-electron chi connectivity index (χ4n) is 3.21. The van der Waals surface area contributed by atoms with Crippen LogP contribution in [0, 0.1) is 0 Å². The van der Waals surface area contributed by atoms with Gasteiger partial charge in [-0.1, -0.05) is 30.7 Å². The van der Waals surface area contributed by atoms with Crippen LogP contribution in [0.3, 0.4) is 0 Å². The topological polar surface area (TPSA) is 58.7 Å². The Labute approximate surface area is 140 Å². The number of aliphatic hydroxyl groups excluding tert-OH is 1. The van der Waals surface area contributed by atoms with E-state index in [0.717, 1.165) is 42.1 Å². The van der Waals surface area contributed by atoms with Crippen LogP contribution in [0.2, 0.25) is 0 Å². The van der Waals surface area contributed by atoms with Crippen molar-refractivity contribution in [1.82, 2.24) is 0 Å². The van der Waals surface area contributed by atoms with E-state index in [1.807, 2.05) is 48.5 Å². The highest BCUT2D eigenvalue weighted by molar-refractivity contribution is 8.01. The summed E-state index contributed by atoms with van der Waals surface area (Å²) in [6.07, 6.45) is 2.45. The number of aliphatic hydroxyl groups is 1. The van der Waals surface area contributed by atoms with Crippen LogP contribution >= 0.6 is 11.9 Å². The lowest BCUT2D eigenvalue weighted by Crippen LogP contribution is -2.45. The molecule has 1 heterocycles. The number of para-hydroxylation sites is 4. The van der Waals surface area contributed by atoms with Crippen LogP contribution in [0.25, 0.3) is 0 Å². The molecule has 1 aliphatic carbocycles. The lowest BCUT2D eigenvalue weighted by Gasteiger charge is -2.38. The lowest BCUT2D eigenvalue weighted by atomic mass is 9.93. The van der Waals surface area contributed by atoms with Crippen molar-refractivity contribution in [1.29, 1.82) is 0 Å². The monoisotopic (exact) mass is 328 g/mol. The summed E-state index contributed by atoms with van der Waals surface area (Å²) in [5.74, 6) is 1.68. The minimum absolute atomic E-state index is 0.0953. The molecule has 0 bridgehead atoms. The zero-order valence-corrected chi connectivity index (χ0v) is 13.6. The van der Waals surface area contributed by atoms with Gasteiger partial charge in [-0.15, -0.1) is 0 Å². The summed E-state index contributed by atoms with van der Waals surface area (Å²) in [5, 5.41) is 10.6. The van der Waals surface area contributed by atoms with E-state index in [1.165, 1.54) is 0 Å². The molecule has 5 heteroatoms. The molecule has 4 rings (SSSR count). The van der Waals surface area contributed by atoms with Crippen LogP contribution < -0.4 is 14.8 Å². The average molecular weight is 328 g/mol. The maximum absolute atomic E-state index is 10.5. The van der Waals surface area contributed by atoms with Crippen LogP contribution in [0.4, 0.5) is 11.4 Å². The maximum Gasteiger partial charge on any atom is 0.152 e. The number of hydrogen-bond donors (Lipinski definition) is 2. The molecule has 0 spiro atoms. The van der Waals surface area contributed by atoms with Gasteiger partial charge in [0.2, 0.25) is 0 Å². The second-order valence-corrected chi connectivity index (χ2v) is 7.24. The Kier molecular flexibility index (Phi) is 3.93. The van der Waals surface area contributed by atoms with Gasteiger partial charge in [0.1, 0.15) is 0 Å². The van der Waals surface area contributed by atoms with Crippen molar-refractivity contribution in [3.8, 4) is 11.5 Å². The Morgan fingerprint density at radius 1 is 1.00 bits per heavy atom. The van der Waals surface area contributed by atoms with Crippen molar-refractivity contribution < 1.29 is 9.84 Å². The highest BCUT2D eigenvalue weighted by Gasteiger charge is 2.34. The summed E-state index contributed by atoms with van der Waals surface area (Å²) < 4.78 is 8.18. The molecule has 3 atom stereocenters. The molecule has 4 nitrogen and oxygen atoms in total. The van der Waals surface area contributed by atoms with Crippen LogP contribution in [-0.2, 0) is 0 Å². The fourth-order valence-corrected chi connectivity index (χ4v) is 4.60. The molecule has 23 heavy (non-hydrogen) atoms. The molecule has 2 aliphatic rings. The number of nitrogens with two attached hydrogens (primary N) is 1. The van der Waals surface area contributed by atoms with Crippen molar-refractivity contribution in [3.63, 3.8) is 0 Å². The van der Waals surface area contributed by atoms with Crippen molar-refractivity contribution in [2.45, 2.75) is 36.7 Å². The van der Waals surface area contributed by atoms with Gasteiger partial charge in [-0.05, 0) is 49.1 Å². The van der Waals surface area contributed by atoms with Gasteiger partial charge >= 0.3 is 0 Å². The maximum atomic E-state index is 10.5. The van der Waals surface area contributed by atoms with Crippen molar-refractivity contribution >= 4 is 23.3 Å². The molecule has 1 fully saturated rings. The third kappa shape index (κ3) is 2.69. The molecule has 0 radical (unpaired) electrons. The van der Waals surface area contributed by atoms with E-state index in [-0.39, 0.29) is 11.3 Å². The first-order valence-electron chi connectivity index (χ1n) is 8.00. The lowest BCUT2D eigenvalue weighted by molar-refractivity contribution is 0.115. The molecule has 1 saturated carbocycles. The summed E-state index contributed by atoms with van der Waals surface area (Å²) in [6, 6.07) is 15.9. The summed E-state index contributed by atoms with van der Waals surface area (Å²) >= 11 is 1.66. The quantitative estimate of drug-likeness (QED) is 0.821. The molecule has 2 aromatic rings. The van der Waals surface area contributed by atoms with E-state index in [2.05, 4.69) is 4.31 Å². The molecule has 1 unspecified atom stereocenters. The Morgan fingerprint density at radius 3 is 2.26 bits per heavy atom. The Morgan fingerprint density at radius 2 is 1.61 bits per heavy atom.